The van der Waals surface area contributed by atoms with Gasteiger partial charge in [0, 0.05) is 17.0 Å². The van der Waals surface area contributed by atoms with Crippen molar-refractivity contribution in [1.82, 2.24) is 0 Å². The Kier molecular flexibility index (Phi) is 6.75. The first-order valence-electron chi connectivity index (χ1n) is 11.0. The number of ether oxygens (including phenoxy) is 2. The third-order valence-corrected chi connectivity index (χ3v) is 5.48. The first-order valence-corrected chi connectivity index (χ1v) is 11.0. The zero-order chi connectivity index (χ0) is 23.2. The van der Waals surface area contributed by atoms with Crippen molar-refractivity contribution < 1.29 is 19.4 Å². The molecule has 0 aliphatic rings. The van der Waals surface area contributed by atoms with Crippen molar-refractivity contribution >= 4 is 22.8 Å². The predicted molar refractivity (Wildman–Crippen MR) is 133 cm³/mol. The van der Waals surface area contributed by atoms with Gasteiger partial charge in [-0.1, -0.05) is 61.9 Å². The highest BCUT2D eigenvalue weighted by molar-refractivity contribution is 5.98. The second-order valence-corrected chi connectivity index (χ2v) is 7.79. The maximum Gasteiger partial charge on any atom is 0.328 e. The number of methoxy groups -OCH3 is 1. The van der Waals surface area contributed by atoms with Gasteiger partial charge >= 0.3 is 5.97 Å². The number of hydrogen-bond acceptors (Lipinski definition) is 3. The second-order valence-electron chi connectivity index (χ2n) is 7.79. The van der Waals surface area contributed by atoms with Crippen molar-refractivity contribution in [3.8, 4) is 28.4 Å². The Morgan fingerprint density at radius 3 is 2.33 bits per heavy atom. The third kappa shape index (κ3) is 5.07. The van der Waals surface area contributed by atoms with Gasteiger partial charge in [-0.15, -0.1) is 0 Å². The lowest BCUT2D eigenvalue weighted by atomic mass is 9.91. The van der Waals surface area contributed by atoms with Crippen LogP contribution in [0.3, 0.4) is 0 Å². The van der Waals surface area contributed by atoms with E-state index < -0.39 is 5.97 Å². The quantitative estimate of drug-likeness (QED) is 0.292. The van der Waals surface area contributed by atoms with Gasteiger partial charge in [-0.3, -0.25) is 0 Å². The fourth-order valence-corrected chi connectivity index (χ4v) is 3.96. The molecule has 0 saturated heterocycles. The zero-order valence-electron chi connectivity index (χ0n) is 18.7. The smallest absolute Gasteiger partial charge is 0.328 e. The minimum Gasteiger partial charge on any atom is -0.497 e. The van der Waals surface area contributed by atoms with E-state index in [2.05, 4.69) is 25.1 Å². The highest BCUT2D eigenvalue weighted by Gasteiger charge is 2.18. The summed E-state index contributed by atoms with van der Waals surface area (Å²) in [5.74, 6) is 1.32. The fourth-order valence-electron chi connectivity index (χ4n) is 3.96. The Balaban J connectivity index is 1.88. The van der Waals surface area contributed by atoms with E-state index in [9.17, 15) is 4.79 Å². The number of fused-ring (bicyclic) bond motifs is 1. The number of aliphatic carboxylic acids is 1. The van der Waals surface area contributed by atoms with Gasteiger partial charge in [0.25, 0.3) is 0 Å². The molecule has 0 aromatic heterocycles. The van der Waals surface area contributed by atoms with E-state index in [1.165, 1.54) is 5.56 Å². The molecule has 0 bridgehead atoms. The molecule has 33 heavy (non-hydrogen) atoms. The molecule has 4 heteroatoms. The van der Waals surface area contributed by atoms with Crippen LogP contribution in [0.15, 0.2) is 84.9 Å². The Labute approximate surface area is 193 Å². The average molecular weight is 439 g/mol. The van der Waals surface area contributed by atoms with Gasteiger partial charge in [0.2, 0.25) is 0 Å². The van der Waals surface area contributed by atoms with Crippen molar-refractivity contribution in [2.75, 3.05) is 7.11 Å². The largest absolute Gasteiger partial charge is 0.497 e. The summed E-state index contributed by atoms with van der Waals surface area (Å²) in [7, 11) is 1.67. The van der Waals surface area contributed by atoms with Crippen molar-refractivity contribution in [2.45, 2.75) is 19.8 Å². The first kappa shape index (κ1) is 22.2. The van der Waals surface area contributed by atoms with Crippen molar-refractivity contribution in [2.24, 2.45) is 0 Å². The summed E-state index contributed by atoms with van der Waals surface area (Å²) in [6.07, 6.45) is 4.62. The monoisotopic (exact) mass is 438 g/mol. The van der Waals surface area contributed by atoms with Crippen molar-refractivity contribution in [3.63, 3.8) is 0 Å². The maximum atomic E-state index is 10.8. The van der Waals surface area contributed by atoms with E-state index in [0.717, 1.165) is 57.9 Å². The Morgan fingerprint density at radius 2 is 1.67 bits per heavy atom. The van der Waals surface area contributed by atoms with Crippen LogP contribution < -0.4 is 9.47 Å². The van der Waals surface area contributed by atoms with Gasteiger partial charge in [-0.05, 0) is 64.9 Å². The topological polar surface area (TPSA) is 55.8 Å². The summed E-state index contributed by atoms with van der Waals surface area (Å²) < 4.78 is 12.0. The van der Waals surface area contributed by atoms with Crippen LogP contribution in [-0.2, 0) is 11.2 Å². The maximum absolute atomic E-state index is 10.8. The lowest BCUT2D eigenvalue weighted by molar-refractivity contribution is -0.131. The third-order valence-electron chi connectivity index (χ3n) is 5.48. The Bertz CT molecular complexity index is 1290. The molecule has 166 valence electrons. The molecule has 0 heterocycles. The summed E-state index contributed by atoms with van der Waals surface area (Å²) >= 11 is 0. The SMILES string of the molecule is CCCc1cc2cc(OC)ccc2c(Oc2ccc(/C=C/C(=O)O)cc2)c1-c1ccccc1. The first-order chi connectivity index (χ1) is 16.1. The highest BCUT2D eigenvalue weighted by atomic mass is 16.5. The number of hydrogen-bond donors (Lipinski definition) is 1. The molecular weight excluding hydrogens is 412 g/mol. The molecule has 0 saturated carbocycles. The summed E-state index contributed by atoms with van der Waals surface area (Å²) in [5.41, 5.74) is 4.21. The fraction of sp³-hybridized carbons (Fsp3) is 0.138. The molecule has 0 fully saturated rings. The van der Waals surface area contributed by atoms with Crippen LogP contribution in [0.5, 0.6) is 17.2 Å². The molecule has 0 amide bonds. The molecular formula is C29H26O4. The molecule has 4 nitrogen and oxygen atoms in total. The molecule has 4 aromatic rings. The zero-order valence-corrected chi connectivity index (χ0v) is 18.7. The van der Waals surface area contributed by atoms with E-state index in [4.69, 9.17) is 14.6 Å². The van der Waals surface area contributed by atoms with Gasteiger partial charge in [0.15, 0.2) is 0 Å². The second kappa shape index (κ2) is 10.0. The van der Waals surface area contributed by atoms with Crippen LogP contribution in [0.2, 0.25) is 0 Å². The number of carboxylic acid groups (broad SMARTS) is 1. The number of benzene rings is 4. The van der Waals surface area contributed by atoms with Crippen LogP contribution in [0.1, 0.15) is 24.5 Å². The minimum atomic E-state index is -0.975. The predicted octanol–water partition coefficient (Wildman–Crippen LogP) is 7.36. The molecule has 4 aromatic carbocycles. The molecule has 4 rings (SSSR count). The number of aryl methyl sites for hydroxylation is 1. The van der Waals surface area contributed by atoms with Crippen LogP contribution in [-0.4, -0.2) is 18.2 Å². The Hall–Kier alpha value is -4.05. The number of carbonyl (C=O) groups is 1. The summed E-state index contributed by atoms with van der Waals surface area (Å²) in [5, 5.41) is 10.9. The highest BCUT2D eigenvalue weighted by Crippen LogP contribution is 2.43. The van der Waals surface area contributed by atoms with Gasteiger partial charge in [-0.25, -0.2) is 4.79 Å². The molecule has 0 aliphatic carbocycles. The van der Waals surface area contributed by atoms with Crippen molar-refractivity contribution in [1.29, 1.82) is 0 Å². The minimum absolute atomic E-state index is 0.686. The van der Waals surface area contributed by atoms with Gasteiger partial charge in [-0.2, -0.15) is 0 Å². The van der Waals surface area contributed by atoms with E-state index in [1.54, 1.807) is 13.2 Å². The normalized spacial score (nSPS) is 11.1. The molecule has 0 aliphatic heterocycles. The van der Waals surface area contributed by atoms with Crippen LogP contribution in [0.4, 0.5) is 0 Å². The van der Waals surface area contributed by atoms with Gasteiger partial charge in [0.1, 0.15) is 17.2 Å². The molecule has 0 spiro atoms. The van der Waals surface area contributed by atoms with Crippen LogP contribution in [0.25, 0.3) is 28.0 Å². The molecule has 0 radical (unpaired) electrons. The summed E-state index contributed by atoms with van der Waals surface area (Å²) in [4.78, 5) is 10.8. The molecule has 0 unspecified atom stereocenters. The summed E-state index contributed by atoms with van der Waals surface area (Å²) in [6, 6.07) is 26.0. The molecule has 1 N–H and O–H groups in total. The number of rotatable bonds is 8. The van der Waals surface area contributed by atoms with E-state index in [0.29, 0.717) is 5.75 Å². The average Bonchev–Trinajstić information content (AvgIpc) is 2.84. The molecule has 0 atom stereocenters. The van der Waals surface area contributed by atoms with E-state index in [1.807, 2.05) is 60.7 Å². The van der Waals surface area contributed by atoms with Crippen LogP contribution in [0, 0.1) is 0 Å². The Morgan fingerprint density at radius 1 is 0.939 bits per heavy atom. The number of carboxylic acids is 1. The van der Waals surface area contributed by atoms with Gasteiger partial charge in [0.05, 0.1) is 7.11 Å². The standard InChI is InChI=1S/C29H26O4/c1-3-7-22-18-23-19-25(32-2)15-16-26(23)29(28(22)21-8-5-4-6-9-21)33-24-13-10-20(11-14-24)12-17-27(30)31/h4-6,8-19H,3,7H2,1-2H3,(H,30,31)/b17-12+. The van der Waals surface area contributed by atoms with E-state index >= 15 is 0 Å². The summed E-state index contributed by atoms with van der Waals surface area (Å²) in [6.45, 7) is 2.18. The lowest BCUT2D eigenvalue weighted by Gasteiger charge is -2.19. The van der Waals surface area contributed by atoms with Crippen molar-refractivity contribution in [3.05, 3.63) is 96.1 Å². The van der Waals surface area contributed by atoms with E-state index in [-0.39, 0.29) is 0 Å². The van der Waals surface area contributed by atoms with Gasteiger partial charge < -0.3 is 14.6 Å². The van der Waals surface area contributed by atoms with Crippen LogP contribution >= 0.6 is 0 Å². The lowest BCUT2D eigenvalue weighted by Crippen LogP contribution is -1.97.